The van der Waals surface area contributed by atoms with Crippen molar-refractivity contribution in [1.82, 2.24) is 19.9 Å². The summed E-state index contributed by atoms with van der Waals surface area (Å²) in [5.41, 5.74) is 1.54. The maximum atomic E-state index is 10.3. The molecule has 0 saturated carbocycles. The SMILES string of the molecule is Cc1nc(C=O)c(Cl)nc1Cl.Cc1nc(CO)c(Cl)nc1Cl. The molecule has 0 radical (unpaired) electrons. The molecule has 0 aromatic carbocycles. The molecule has 1 N–H and O–H groups in total. The molecule has 0 aliphatic rings. The van der Waals surface area contributed by atoms with Gasteiger partial charge >= 0.3 is 0 Å². The highest BCUT2D eigenvalue weighted by molar-refractivity contribution is 6.34. The molecule has 6 nitrogen and oxygen atoms in total. The monoisotopic (exact) mass is 382 g/mol. The number of aliphatic hydroxyl groups is 1. The van der Waals surface area contributed by atoms with Crippen molar-refractivity contribution in [1.29, 1.82) is 0 Å². The summed E-state index contributed by atoms with van der Waals surface area (Å²) >= 11 is 22.3. The molecule has 22 heavy (non-hydrogen) atoms. The van der Waals surface area contributed by atoms with E-state index >= 15 is 0 Å². The predicted molar refractivity (Wildman–Crippen MR) is 84.9 cm³/mol. The van der Waals surface area contributed by atoms with Gasteiger partial charge in [-0.25, -0.2) is 19.9 Å². The van der Waals surface area contributed by atoms with Gasteiger partial charge in [0.25, 0.3) is 0 Å². The summed E-state index contributed by atoms with van der Waals surface area (Å²) in [6, 6.07) is 0. The van der Waals surface area contributed by atoms with E-state index in [2.05, 4.69) is 19.9 Å². The quantitative estimate of drug-likeness (QED) is 0.798. The van der Waals surface area contributed by atoms with Crippen molar-refractivity contribution in [2.45, 2.75) is 20.5 Å². The second-order valence-electron chi connectivity index (χ2n) is 3.89. The average Bonchev–Trinajstić information content (AvgIpc) is 2.47. The molecule has 0 bridgehead atoms. The smallest absolute Gasteiger partial charge is 0.171 e. The van der Waals surface area contributed by atoms with E-state index in [0.717, 1.165) is 0 Å². The van der Waals surface area contributed by atoms with Gasteiger partial charge in [0.1, 0.15) is 11.4 Å². The van der Waals surface area contributed by atoms with Crippen molar-refractivity contribution in [3.05, 3.63) is 43.4 Å². The lowest BCUT2D eigenvalue weighted by atomic mass is 10.4. The molecule has 2 aromatic rings. The van der Waals surface area contributed by atoms with Crippen LogP contribution in [-0.2, 0) is 6.61 Å². The lowest BCUT2D eigenvalue weighted by Crippen LogP contribution is -1.97. The molecule has 0 aliphatic heterocycles. The second-order valence-corrected chi connectivity index (χ2v) is 5.32. The Morgan fingerprint density at radius 2 is 1.36 bits per heavy atom. The predicted octanol–water partition coefficient (Wildman–Crippen LogP) is 3.49. The minimum Gasteiger partial charge on any atom is -0.390 e. The molecular weight excluding hydrogens is 374 g/mol. The van der Waals surface area contributed by atoms with Gasteiger partial charge in [0.05, 0.1) is 18.0 Å². The Labute approximate surface area is 146 Å². The number of halogens is 4. The number of carbonyl (C=O) groups excluding carboxylic acids is 1. The first kappa shape index (κ1) is 19.0. The topological polar surface area (TPSA) is 88.9 Å². The number of nitrogens with zero attached hydrogens (tertiary/aromatic N) is 4. The van der Waals surface area contributed by atoms with Crippen LogP contribution < -0.4 is 0 Å². The van der Waals surface area contributed by atoms with E-state index in [1.54, 1.807) is 13.8 Å². The molecular formula is C12H10Cl4N4O2. The molecule has 2 heterocycles. The van der Waals surface area contributed by atoms with Gasteiger partial charge in [0.2, 0.25) is 0 Å². The van der Waals surface area contributed by atoms with Crippen LogP contribution in [-0.4, -0.2) is 31.3 Å². The number of carbonyl (C=O) groups is 1. The second kappa shape index (κ2) is 8.55. The minimum absolute atomic E-state index is 0.0376. The highest BCUT2D eigenvalue weighted by Gasteiger charge is 2.06. The molecule has 0 unspecified atom stereocenters. The van der Waals surface area contributed by atoms with E-state index in [1.165, 1.54) is 0 Å². The highest BCUT2D eigenvalue weighted by Crippen LogP contribution is 2.17. The number of hydrogen-bond donors (Lipinski definition) is 1. The summed E-state index contributed by atoms with van der Waals surface area (Å²) in [6.45, 7) is 3.13. The summed E-state index contributed by atoms with van der Waals surface area (Å²) < 4.78 is 0. The maximum absolute atomic E-state index is 10.3. The Morgan fingerprint density at radius 1 is 0.864 bits per heavy atom. The van der Waals surface area contributed by atoms with Crippen LogP contribution >= 0.6 is 46.4 Å². The molecule has 0 spiro atoms. The van der Waals surface area contributed by atoms with E-state index in [4.69, 9.17) is 51.5 Å². The third-order valence-corrected chi connectivity index (χ3v) is 3.59. The molecule has 2 rings (SSSR count). The molecule has 0 amide bonds. The first-order valence-corrected chi connectivity index (χ1v) is 7.25. The zero-order valence-electron chi connectivity index (χ0n) is 11.4. The largest absolute Gasteiger partial charge is 0.390 e. The Bertz CT molecular complexity index is 697. The molecule has 10 heteroatoms. The number of aldehydes is 1. The number of rotatable bonds is 2. The molecule has 0 fully saturated rings. The fraction of sp³-hybridized carbons (Fsp3) is 0.250. The van der Waals surface area contributed by atoms with Gasteiger partial charge in [-0.2, -0.15) is 0 Å². The number of hydrogen-bond acceptors (Lipinski definition) is 6. The first-order valence-electron chi connectivity index (χ1n) is 5.74. The van der Waals surface area contributed by atoms with Crippen molar-refractivity contribution in [3.8, 4) is 0 Å². The minimum atomic E-state index is -0.218. The van der Waals surface area contributed by atoms with Crippen molar-refractivity contribution in [2.75, 3.05) is 0 Å². The average molecular weight is 384 g/mol. The van der Waals surface area contributed by atoms with E-state index in [1.807, 2.05) is 0 Å². The van der Waals surface area contributed by atoms with Crippen molar-refractivity contribution < 1.29 is 9.90 Å². The number of aliphatic hydroxyl groups excluding tert-OH is 1. The van der Waals surface area contributed by atoms with Crippen molar-refractivity contribution >= 4 is 52.7 Å². The first-order chi connectivity index (χ1) is 10.3. The Hall–Kier alpha value is -1.05. The molecule has 0 aliphatic carbocycles. The summed E-state index contributed by atoms with van der Waals surface area (Å²) in [7, 11) is 0. The van der Waals surface area contributed by atoms with Crippen molar-refractivity contribution in [3.63, 3.8) is 0 Å². The van der Waals surface area contributed by atoms with E-state index in [9.17, 15) is 4.79 Å². The van der Waals surface area contributed by atoms with Gasteiger partial charge in [0.15, 0.2) is 26.9 Å². The summed E-state index contributed by atoms with van der Waals surface area (Å²) in [5, 5.41) is 9.39. The van der Waals surface area contributed by atoms with Gasteiger partial charge in [-0.1, -0.05) is 46.4 Å². The van der Waals surface area contributed by atoms with E-state index in [0.29, 0.717) is 23.4 Å². The molecule has 2 aromatic heterocycles. The standard InChI is InChI=1S/C6H6Cl2N2O.C6H4Cl2N2O/c2*1-3-5(7)10-6(8)4(2-11)9-3/h11H,2H2,1H3;2H,1H3. The summed E-state index contributed by atoms with van der Waals surface area (Å²) in [5.74, 6) is 0. The third kappa shape index (κ3) is 5.00. The molecule has 0 atom stereocenters. The normalized spacial score (nSPS) is 9.95. The zero-order chi connectivity index (χ0) is 16.9. The van der Waals surface area contributed by atoms with Crippen molar-refractivity contribution in [2.24, 2.45) is 0 Å². The van der Waals surface area contributed by atoms with Crippen LogP contribution in [0.15, 0.2) is 0 Å². The van der Waals surface area contributed by atoms with Crippen LogP contribution in [0.4, 0.5) is 0 Å². The van der Waals surface area contributed by atoms with Gasteiger partial charge in [-0.15, -0.1) is 0 Å². The maximum Gasteiger partial charge on any atom is 0.171 e. The van der Waals surface area contributed by atoms with Crippen LogP contribution in [0.25, 0.3) is 0 Å². The fourth-order valence-electron chi connectivity index (χ4n) is 1.20. The van der Waals surface area contributed by atoms with Crippen LogP contribution in [0.1, 0.15) is 27.6 Å². The number of aromatic nitrogens is 4. The fourth-order valence-corrected chi connectivity index (χ4v) is 1.90. The van der Waals surface area contributed by atoms with Gasteiger partial charge in [0, 0.05) is 0 Å². The van der Waals surface area contributed by atoms with E-state index in [-0.39, 0.29) is 32.9 Å². The lowest BCUT2D eigenvalue weighted by molar-refractivity contribution is 0.111. The van der Waals surface area contributed by atoms with Gasteiger partial charge < -0.3 is 5.11 Å². The lowest BCUT2D eigenvalue weighted by Gasteiger charge is -2.01. The van der Waals surface area contributed by atoms with Crippen LogP contribution in [0.5, 0.6) is 0 Å². The summed E-state index contributed by atoms with van der Waals surface area (Å²) in [6.07, 6.45) is 0.540. The van der Waals surface area contributed by atoms with E-state index < -0.39 is 0 Å². The van der Waals surface area contributed by atoms with Crippen LogP contribution in [0.3, 0.4) is 0 Å². The molecule has 118 valence electrons. The van der Waals surface area contributed by atoms with Crippen LogP contribution in [0, 0.1) is 13.8 Å². The Kier molecular flexibility index (Phi) is 7.38. The van der Waals surface area contributed by atoms with Gasteiger partial charge in [-0.3, -0.25) is 4.79 Å². The molecule has 0 saturated heterocycles. The third-order valence-electron chi connectivity index (χ3n) is 2.29. The number of aryl methyl sites for hydroxylation is 2. The Balaban J connectivity index is 0.000000220. The Morgan fingerprint density at radius 3 is 1.86 bits per heavy atom. The van der Waals surface area contributed by atoms with Gasteiger partial charge in [-0.05, 0) is 13.8 Å². The zero-order valence-corrected chi connectivity index (χ0v) is 14.5. The van der Waals surface area contributed by atoms with Crippen LogP contribution in [0.2, 0.25) is 20.6 Å². The summed E-state index contributed by atoms with van der Waals surface area (Å²) in [4.78, 5) is 25.4. The highest BCUT2D eigenvalue weighted by atomic mass is 35.5.